The molecule has 1 saturated heterocycles. The number of sulfonamides is 1. The van der Waals surface area contributed by atoms with E-state index in [-0.39, 0.29) is 16.8 Å². The van der Waals surface area contributed by atoms with Crippen LogP contribution in [0.5, 0.6) is 0 Å². The summed E-state index contributed by atoms with van der Waals surface area (Å²) in [7, 11) is -3.81. The van der Waals surface area contributed by atoms with Gasteiger partial charge >= 0.3 is 0 Å². The van der Waals surface area contributed by atoms with E-state index in [9.17, 15) is 13.2 Å². The van der Waals surface area contributed by atoms with E-state index < -0.39 is 10.0 Å². The van der Waals surface area contributed by atoms with Gasteiger partial charge in [-0.05, 0) is 43.0 Å². The Hall–Kier alpha value is -2.67. The van der Waals surface area contributed by atoms with Crippen LogP contribution < -0.4 is 10.2 Å². The number of carbonyl (C=O) groups is 1. The van der Waals surface area contributed by atoms with Gasteiger partial charge in [0.2, 0.25) is 0 Å². The van der Waals surface area contributed by atoms with Gasteiger partial charge in [0.15, 0.2) is 0 Å². The average molecular weight is 426 g/mol. The zero-order valence-corrected chi connectivity index (χ0v) is 18.0. The number of nitrogens with zero attached hydrogens (tertiary/aromatic N) is 2. The molecule has 2 aromatic rings. The lowest BCUT2D eigenvalue weighted by Gasteiger charge is -2.29. The lowest BCUT2D eigenvalue weighted by atomic mass is 10.0. The molecule has 2 aliphatic rings. The van der Waals surface area contributed by atoms with Crippen LogP contribution in [0.4, 0.5) is 5.69 Å². The van der Waals surface area contributed by atoms with E-state index in [0.29, 0.717) is 23.5 Å². The highest BCUT2D eigenvalue weighted by Crippen LogP contribution is 2.35. The molecule has 0 bridgehead atoms. The molecule has 1 N–H and O–H groups in total. The molecule has 1 fully saturated rings. The predicted molar refractivity (Wildman–Crippen MR) is 118 cm³/mol. The Morgan fingerprint density at radius 1 is 1.13 bits per heavy atom. The molecule has 6 nitrogen and oxygen atoms in total. The molecule has 2 aromatic carbocycles. The lowest BCUT2D eigenvalue weighted by molar-refractivity contribution is 0.0934. The van der Waals surface area contributed by atoms with Gasteiger partial charge in [0.25, 0.3) is 15.9 Å². The Morgan fingerprint density at radius 2 is 1.93 bits per heavy atom. The van der Waals surface area contributed by atoms with Crippen molar-refractivity contribution < 1.29 is 13.2 Å². The van der Waals surface area contributed by atoms with Crippen molar-refractivity contribution in [2.45, 2.75) is 56.4 Å². The topological polar surface area (TPSA) is 78.8 Å². The number of hydrogen-bond acceptors (Lipinski definition) is 4. The summed E-state index contributed by atoms with van der Waals surface area (Å²) in [6, 6.07) is 14.6. The second-order valence-corrected chi connectivity index (χ2v) is 9.43. The van der Waals surface area contributed by atoms with Gasteiger partial charge in [-0.1, -0.05) is 50.1 Å². The fraction of sp³-hybridized carbons (Fsp3) is 0.391. The summed E-state index contributed by atoms with van der Waals surface area (Å²) in [6.07, 6.45) is 5.39. The van der Waals surface area contributed by atoms with Gasteiger partial charge in [-0.25, -0.2) is 0 Å². The van der Waals surface area contributed by atoms with Gasteiger partial charge in [0.05, 0.1) is 11.7 Å². The molecule has 2 heterocycles. The number of hydrogen-bond donors (Lipinski definition) is 1. The average Bonchev–Trinajstić information content (AvgIpc) is 2.98. The second-order valence-electron chi connectivity index (χ2n) is 7.85. The van der Waals surface area contributed by atoms with E-state index in [4.69, 9.17) is 0 Å². The Labute approximate surface area is 178 Å². The normalized spacial score (nSPS) is 18.4. The van der Waals surface area contributed by atoms with E-state index in [0.717, 1.165) is 44.2 Å². The highest BCUT2D eigenvalue weighted by molar-refractivity contribution is 7.90. The van der Waals surface area contributed by atoms with Crippen LogP contribution in [0.3, 0.4) is 0 Å². The third kappa shape index (κ3) is 4.12. The summed E-state index contributed by atoms with van der Waals surface area (Å²) in [5.74, 6) is 0.338. The molecular weight excluding hydrogens is 398 g/mol. The number of carbonyl (C=O) groups excluding carboxylic acids is 1. The molecular formula is C23H27N3O3S. The third-order valence-electron chi connectivity index (χ3n) is 5.69. The Kier molecular flexibility index (Phi) is 5.90. The molecule has 0 radical (unpaired) electrons. The van der Waals surface area contributed by atoms with Crippen molar-refractivity contribution in [3.8, 4) is 0 Å². The van der Waals surface area contributed by atoms with Crippen LogP contribution >= 0.6 is 0 Å². The summed E-state index contributed by atoms with van der Waals surface area (Å²) in [6.45, 7) is 2.82. The first-order valence-corrected chi connectivity index (χ1v) is 12.0. The molecule has 0 saturated carbocycles. The lowest BCUT2D eigenvalue weighted by Crippen LogP contribution is -2.35. The van der Waals surface area contributed by atoms with Crippen molar-refractivity contribution in [2.75, 3.05) is 11.4 Å². The fourth-order valence-corrected chi connectivity index (χ4v) is 5.44. The van der Waals surface area contributed by atoms with Crippen LogP contribution in [-0.4, -0.2) is 26.7 Å². The van der Waals surface area contributed by atoms with Crippen LogP contribution in [0.1, 0.15) is 67.4 Å². The van der Waals surface area contributed by atoms with E-state index in [2.05, 4.69) is 16.6 Å². The molecule has 7 heteroatoms. The maximum Gasteiger partial charge on any atom is 0.286 e. The molecule has 0 aliphatic carbocycles. The molecule has 2 aliphatic heterocycles. The maximum atomic E-state index is 13.0. The summed E-state index contributed by atoms with van der Waals surface area (Å²) in [5, 5.41) is 3.07. The van der Waals surface area contributed by atoms with Gasteiger partial charge in [-0.3, -0.25) is 4.79 Å². The molecule has 30 heavy (non-hydrogen) atoms. The Morgan fingerprint density at radius 3 is 2.70 bits per heavy atom. The number of anilines is 1. The Balaban J connectivity index is 1.64. The minimum Gasteiger partial charge on any atom is -0.345 e. The molecule has 1 atom stereocenters. The molecule has 1 amide bonds. The standard InChI is InChI=1S/C23H27N3O3S/c1-2-9-19(17-10-5-3-6-11-17)24-23(27)18-13-14-20-21(16-18)30(28,29)25-22-12-7-4-8-15-26(20)22/h3,5-6,10-11,13-14,16,19H,2,4,7-9,12,15H2,1H3,(H,24,27)/t19-/m1/s1. The number of amidine groups is 1. The van der Waals surface area contributed by atoms with Crippen LogP contribution in [0, 0.1) is 0 Å². The van der Waals surface area contributed by atoms with Crippen LogP contribution in [0.2, 0.25) is 0 Å². The molecule has 0 aromatic heterocycles. The number of benzene rings is 2. The smallest absolute Gasteiger partial charge is 0.286 e. The van der Waals surface area contributed by atoms with Crippen LogP contribution in [0.15, 0.2) is 57.8 Å². The second kappa shape index (κ2) is 8.60. The molecule has 0 spiro atoms. The summed E-state index contributed by atoms with van der Waals surface area (Å²) in [4.78, 5) is 15.1. The van der Waals surface area contributed by atoms with E-state index in [1.54, 1.807) is 12.1 Å². The minimum absolute atomic E-state index is 0.118. The van der Waals surface area contributed by atoms with Crippen molar-refractivity contribution in [1.82, 2.24) is 5.32 Å². The SMILES string of the molecule is CCC[C@@H](NC(=O)c1ccc2c(c1)S(=O)(=O)N=C1CCCCCN12)c1ccccc1. The van der Waals surface area contributed by atoms with Gasteiger partial charge in [-0.2, -0.15) is 8.42 Å². The first-order valence-electron chi connectivity index (χ1n) is 10.6. The van der Waals surface area contributed by atoms with Crippen molar-refractivity contribution in [3.05, 3.63) is 59.7 Å². The summed E-state index contributed by atoms with van der Waals surface area (Å²) >= 11 is 0. The largest absolute Gasteiger partial charge is 0.345 e. The highest BCUT2D eigenvalue weighted by atomic mass is 32.2. The quantitative estimate of drug-likeness (QED) is 0.768. The van der Waals surface area contributed by atoms with E-state index in [1.807, 2.05) is 35.2 Å². The maximum absolute atomic E-state index is 13.0. The van der Waals surface area contributed by atoms with Gasteiger partial charge in [0, 0.05) is 18.5 Å². The highest BCUT2D eigenvalue weighted by Gasteiger charge is 2.32. The first kappa shape index (κ1) is 20.6. The number of amides is 1. The van der Waals surface area contributed by atoms with E-state index >= 15 is 0 Å². The predicted octanol–water partition coefficient (Wildman–Crippen LogP) is 4.44. The monoisotopic (exact) mass is 425 g/mol. The van der Waals surface area contributed by atoms with Crippen LogP contribution in [0.25, 0.3) is 0 Å². The van der Waals surface area contributed by atoms with Crippen molar-refractivity contribution >= 4 is 27.5 Å². The van der Waals surface area contributed by atoms with Crippen LogP contribution in [-0.2, 0) is 10.0 Å². The summed E-state index contributed by atoms with van der Waals surface area (Å²) in [5.41, 5.74) is 2.01. The van der Waals surface area contributed by atoms with Crippen molar-refractivity contribution in [2.24, 2.45) is 4.40 Å². The first-order chi connectivity index (χ1) is 14.5. The van der Waals surface area contributed by atoms with Gasteiger partial charge in [0.1, 0.15) is 10.7 Å². The number of fused-ring (bicyclic) bond motifs is 3. The minimum atomic E-state index is -3.81. The number of rotatable bonds is 5. The fourth-order valence-electron chi connectivity index (χ4n) is 4.16. The molecule has 158 valence electrons. The molecule has 4 rings (SSSR count). The van der Waals surface area contributed by atoms with Gasteiger partial charge < -0.3 is 10.2 Å². The van der Waals surface area contributed by atoms with E-state index in [1.165, 1.54) is 6.07 Å². The van der Waals surface area contributed by atoms with Crippen molar-refractivity contribution in [3.63, 3.8) is 0 Å². The number of nitrogens with one attached hydrogen (secondary N) is 1. The summed E-state index contributed by atoms with van der Waals surface area (Å²) < 4.78 is 29.7. The zero-order chi connectivity index (χ0) is 21.1. The van der Waals surface area contributed by atoms with Crippen molar-refractivity contribution in [1.29, 1.82) is 0 Å². The molecule has 0 unspecified atom stereocenters. The zero-order valence-electron chi connectivity index (χ0n) is 17.2. The van der Waals surface area contributed by atoms with Gasteiger partial charge in [-0.15, -0.1) is 4.40 Å². The third-order valence-corrected chi connectivity index (χ3v) is 7.03. The Bertz CT molecular complexity index is 1060.